The molecular weight excluding hydrogens is 404 g/mol. The molecule has 0 bridgehead atoms. The summed E-state index contributed by atoms with van der Waals surface area (Å²) in [7, 11) is 1.39. The molecule has 1 aliphatic rings. The Labute approximate surface area is 167 Å². The number of nitrogen functional groups attached to an aromatic ring is 1. The van der Waals surface area contributed by atoms with Crippen molar-refractivity contribution in [2.24, 2.45) is 0 Å². The number of hydrogen-bond acceptors (Lipinski definition) is 5. The maximum atomic E-state index is 13.4. The lowest BCUT2D eigenvalue weighted by Gasteiger charge is -2.14. The third kappa shape index (κ3) is 3.19. The Morgan fingerprint density at radius 1 is 1.13 bits per heavy atom. The first-order valence-corrected chi connectivity index (χ1v) is 8.67. The highest BCUT2D eigenvalue weighted by Gasteiger charge is 2.38. The van der Waals surface area contributed by atoms with Gasteiger partial charge in [-0.1, -0.05) is 6.07 Å². The number of carbonyl (C=O) groups is 1. The highest BCUT2D eigenvalue weighted by atomic mass is 19.4. The third-order valence-corrected chi connectivity index (χ3v) is 4.64. The SMILES string of the molecule is Cc1ccc(-c2nc(N)nc3c2C(=O)N(C)/C3=C/c2ccc(F)cc2C(F)(F)F)o1. The summed E-state index contributed by atoms with van der Waals surface area (Å²) in [6.45, 7) is 1.71. The lowest BCUT2D eigenvalue weighted by molar-refractivity contribution is -0.137. The van der Waals surface area contributed by atoms with Gasteiger partial charge >= 0.3 is 6.18 Å². The number of halogens is 4. The Hall–Kier alpha value is -3.69. The lowest BCUT2D eigenvalue weighted by atomic mass is 10.0. The van der Waals surface area contributed by atoms with E-state index in [0.717, 1.165) is 23.1 Å². The quantitative estimate of drug-likeness (QED) is 0.625. The molecule has 4 rings (SSSR count). The zero-order valence-corrected chi connectivity index (χ0v) is 15.7. The van der Waals surface area contributed by atoms with E-state index in [1.54, 1.807) is 19.1 Å². The van der Waals surface area contributed by atoms with Gasteiger partial charge in [0.1, 0.15) is 23.0 Å². The van der Waals surface area contributed by atoms with E-state index in [0.29, 0.717) is 11.8 Å². The van der Waals surface area contributed by atoms with E-state index in [1.807, 2.05) is 0 Å². The molecule has 1 aromatic carbocycles. The molecule has 0 unspecified atom stereocenters. The highest BCUT2D eigenvalue weighted by Crippen LogP contribution is 2.40. The molecule has 10 heteroatoms. The first-order valence-electron chi connectivity index (χ1n) is 8.67. The van der Waals surface area contributed by atoms with Crippen LogP contribution in [0.1, 0.15) is 32.9 Å². The fourth-order valence-electron chi connectivity index (χ4n) is 3.25. The number of rotatable bonds is 2. The van der Waals surface area contributed by atoms with Gasteiger partial charge in [0.05, 0.1) is 16.8 Å². The van der Waals surface area contributed by atoms with E-state index in [1.165, 1.54) is 7.05 Å². The molecule has 0 atom stereocenters. The Kier molecular flexibility index (Phi) is 4.37. The summed E-state index contributed by atoms with van der Waals surface area (Å²) >= 11 is 0. The minimum absolute atomic E-state index is 0.0583. The van der Waals surface area contributed by atoms with E-state index in [2.05, 4.69) is 9.97 Å². The molecule has 1 amide bonds. The minimum atomic E-state index is -4.79. The number of amides is 1. The normalized spacial score (nSPS) is 15.2. The molecule has 0 radical (unpaired) electrons. The van der Waals surface area contributed by atoms with Crippen LogP contribution >= 0.6 is 0 Å². The summed E-state index contributed by atoms with van der Waals surface area (Å²) in [4.78, 5) is 22.2. The number of nitrogens with zero attached hydrogens (tertiary/aromatic N) is 3. The van der Waals surface area contributed by atoms with Gasteiger partial charge in [-0.3, -0.25) is 4.79 Å². The topological polar surface area (TPSA) is 85.2 Å². The Balaban J connectivity index is 1.95. The highest BCUT2D eigenvalue weighted by molar-refractivity contribution is 6.14. The molecule has 0 aliphatic carbocycles. The van der Waals surface area contributed by atoms with Crippen molar-refractivity contribution < 1.29 is 26.8 Å². The Morgan fingerprint density at radius 2 is 1.83 bits per heavy atom. The first-order chi connectivity index (χ1) is 14.1. The molecule has 0 saturated heterocycles. The lowest BCUT2D eigenvalue weighted by Crippen LogP contribution is -2.18. The number of alkyl halides is 3. The van der Waals surface area contributed by atoms with E-state index < -0.39 is 23.5 Å². The number of aryl methyl sites for hydroxylation is 1. The van der Waals surface area contributed by atoms with Crippen molar-refractivity contribution in [3.8, 4) is 11.5 Å². The van der Waals surface area contributed by atoms with Gasteiger partial charge < -0.3 is 15.1 Å². The number of carbonyl (C=O) groups excluding carboxylic acids is 1. The average Bonchev–Trinajstić information content (AvgIpc) is 3.19. The van der Waals surface area contributed by atoms with Gasteiger partial charge in [0.25, 0.3) is 5.91 Å². The van der Waals surface area contributed by atoms with Crippen LogP contribution < -0.4 is 5.73 Å². The monoisotopic (exact) mass is 418 g/mol. The van der Waals surface area contributed by atoms with Crippen LogP contribution in [0.3, 0.4) is 0 Å². The molecular formula is C20H14F4N4O2. The largest absolute Gasteiger partial charge is 0.460 e. The van der Waals surface area contributed by atoms with Gasteiger partial charge in [0.2, 0.25) is 5.95 Å². The van der Waals surface area contributed by atoms with Crippen LogP contribution in [0.2, 0.25) is 0 Å². The summed E-state index contributed by atoms with van der Waals surface area (Å²) in [5.74, 6) is -0.883. The van der Waals surface area contributed by atoms with Gasteiger partial charge in [-0.2, -0.15) is 13.2 Å². The maximum Gasteiger partial charge on any atom is 0.417 e. The molecule has 3 heterocycles. The van der Waals surface area contributed by atoms with Gasteiger partial charge in [0, 0.05) is 7.05 Å². The molecule has 0 saturated carbocycles. The number of benzene rings is 1. The van der Waals surface area contributed by atoms with Crippen molar-refractivity contribution in [3.63, 3.8) is 0 Å². The van der Waals surface area contributed by atoms with Crippen molar-refractivity contribution in [3.05, 3.63) is 64.3 Å². The summed E-state index contributed by atoms with van der Waals surface area (Å²) in [6.07, 6.45) is -3.67. The summed E-state index contributed by atoms with van der Waals surface area (Å²) in [5, 5.41) is 0. The van der Waals surface area contributed by atoms with Gasteiger partial charge in [0.15, 0.2) is 5.76 Å². The van der Waals surface area contributed by atoms with Crippen LogP contribution in [-0.2, 0) is 6.18 Å². The smallest absolute Gasteiger partial charge is 0.417 e. The average molecular weight is 418 g/mol. The fourth-order valence-corrected chi connectivity index (χ4v) is 3.25. The van der Waals surface area contributed by atoms with Crippen molar-refractivity contribution in [1.82, 2.24) is 14.9 Å². The molecule has 2 aromatic heterocycles. The second-order valence-corrected chi connectivity index (χ2v) is 6.69. The first kappa shape index (κ1) is 19.6. The Morgan fingerprint density at radius 3 is 2.47 bits per heavy atom. The second-order valence-electron chi connectivity index (χ2n) is 6.69. The standard InChI is InChI=1S/C20H14F4N4O2/c1-9-3-6-14(30-9)17-15-16(26-19(25)27-17)13(28(2)18(15)29)7-10-4-5-11(21)8-12(10)20(22,23)24/h3-8H,1-2H3,(H2,25,26,27)/b13-7+. The summed E-state index contributed by atoms with van der Waals surface area (Å²) < 4.78 is 59.1. The number of anilines is 1. The summed E-state index contributed by atoms with van der Waals surface area (Å²) in [5.41, 5.74) is 4.64. The van der Waals surface area contributed by atoms with Crippen molar-refractivity contribution in [2.45, 2.75) is 13.1 Å². The molecule has 0 spiro atoms. The number of aromatic nitrogens is 2. The predicted molar refractivity (Wildman–Crippen MR) is 100 cm³/mol. The predicted octanol–water partition coefficient (Wildman–Crippen LogP) is 4.37. The van der Waals surface area contributed by atoms with Crippen LogP contribution in [-0.4, -0.2) is 27.8 Å². The van der Waals surface area contributed by atoms with Crippen LogP contribution in [0, 0.1) is 12.7 Å². The van der Waals surface area contributed by atoms with Crippen LogP contribution in [0.5, 0.6) is 0 Å². The maximum absolute atomic E-state index is 13.4. The number of nitrogens with two attached hydrogens (primary N) is 1. The summed E-state index contributed by atoms with van der Waals surface area (Å²) in [6, 6.07) is 5.57. The number of hydrogen-bond donors (Lipinski definition) is 1. The van der Waals surface area contributed by atoms with E-state index in [4.69, 9.17) is 10.2 Å². The molecule has 2 N–H and O–H groups in total. The van der Waals surface area contributed by atoms with Crippen molar-refractivity contribution in [2.75, 3.05) is 12.8 Å². The Bertz CT molecular complexity index is 1210. The zero-order chi connectivity index (χ0) is 21.8. The van der Waals surface area contributed by atoms with Crippen LogP contribution in [0.4, 0.5) is 23.5 Å². The van der Waals surface area contributed by atoms with Crippen LogP contribution in [0.25, 0.3) is 23.2 Å². The second kappa shape index (κ2) is 6.68. The van der Waals surface area contributed by atoms with Crippen molar-refractivity contribution in [1.29, 1.82) is 0 Å². The van der Waals surface area contributed by atoms with E-state index >= 15 is 0 Å². The molecule has 1 aliphatic heterocycles. The van der Waals surface area contributed by atoms with Crippen LogP contribution in [0.15, 0.2) is 34.7 Å². The van der Waals surface area contributed by atoms with Gasteiger partial charge in [-0.25, -0.2) is 14.4 Å². The molecule has 0 fully saturated rings. The zero-order valence-electron chi connectivity index (χ0n) is 15.7. The molecule has 30 heavy (non-hydrogen) atoms. The van der Waals surface area contributed by atoms with E-state index in [9.17, 15) is 22.4 Å². The number of furan rings is 1. The third-order valence-electron chi connectivity index (χ3n) is 4.64. The molecule has 154 valence electrons. The molecule has 6 nitrogen and oxygen atoms in total. The minimum Gasteiger partial charge on any atom is -0.460 e. The van der Waals surface area contributed by atoms with E-state index in [-0.39, 0.29) is 39.9 Å². The fraction of sp³-hybridized carbons (Fsp3) is 0.150. The van der Waals surface area contributed by atoms with Crippen molar-refractivity contribution >= 4 is 23.6 Å². The molecule has 3 aromatic rings. The number of fused-ring (bicyclic) bond motifs is 1. The van der Waals surface area contributed by atoms with Gasteiger partial charge in [-0.15, -0.1) is 0 Å². The van der Waals surface area contributed by atoms with Gasteiger partial charge in [-0.05, 0) is 42.8 Å².